The molecule has 8 aromatic carbocycles. The lowest BCUT2D eigenvalue weighted by molar-refractivity contribution is -0.133. The van der Waals surface area contributed by atoms with Gasteiger partial charge >= 0.3 is 47.8 Å². The van der Waals surface area contributed by atoms with Gasteiger partial charge in [0.1, 0.15) is 46.0 Å². The molecule has 0 N–H and O–H groups in total. The molecule has 438 valence electrons. The molecular weight excluding hydrogens is 1080 g/mol. The van der Waals surface area contributed by atoms with Crippen molar-refractivity contribution in [2.24, 2.45) is 0 Å². The minimum atomic E-state index is -1.12. The van der Waals surface area contributed by atoms with Gasteiger partial charge in [0.2, 0.25) is 0 Å². The Morgan fingerprint density at radius 3 is 0.847 bits per heavy atom. The first-order valence-corrected chi connectivity index (χ1v) is 28.4. The van der Waals surface area contributed by atoms with E-state index in [4.69, 9.17) is 37.9 Å². The van der Waals surface area contributed by atoms with Crippen LogP contribution in [-0.2, 0) is 38.4 Å². The third-order valence-corrected chi connectivity index (χ3v) is 15.1. The third-order valence-electron chi connectivity index (χ3n) is 15.1. The van der Waals surface area contributed by atoms with Crippen molar-refractivity contribution in [3.05, 3.63) is 153 Å². The van der Waals surface area contributed by atoms with Gasteiger partial charge in [0.25, 0.3) is 0 Å². The molecule has 0 spiro atoms. The summed E-state index contributed by atoms with van der Waals surface area (Å²) in [7, 11) is 0. The fourth-order valence-corrected chi connectivity index (χ4v) is 12.2. The molecule has 2 atom stereocenters. The summed E-state index contributed by atoms with van der Waals surface area (Å²) in [6.45, 7) is 15.8. The Kier molecular flexibility index (Phi) is 17.8. The number of carbonyl (C=O) groups is 8. The fraction of sp³-hybridized carbons (Fsp3) is 0.304. The third kappa shape index (κ3) is 12.6. The Bertz CT molecular complexity index is 3840. The first kappa shape index (κ1) is 60.2. The number of benzene rings is 8. The standard InChI is InChI=1S/C69H66O16/c1-12-17-46-50-27-52(61(80-37(6)72)31-59(50)78-35(4)70)47(18-13-2)54-29-57(65(84-41(10)76)33-63(54)82-39(8)74)69(56-26-45-22-15-20-43-24-25-44-21-16-23-49(56)68(44)67(43)45)58-30-55(64(83-40(9)75)34-66(58)85-42(11)77)48(19-14-3)53-28-51(46)60(79-36(5)71)32-62(53)81-38(7)73/h15-16,20-34,46-48,69H,12-14,17-19H2,1-11H3. The molecule has 1 aliphatic carbocycles. The van der Waals surface area contributed by atoms with Gasteiger partial charge in [-0.2, -0.15) is 0 Å². The summed E-state index contributed by atoms with van der Waals surface area (Å²) in [6, 6.07) is 31.1. The molecule has 0 aliphatic heterocycles. The van der Waals surface area contributed by atoms with Gasteiger partial charge in [-0.1, -0.05) is 88.6 Å². The summed E-state index contributed by atoms with van der Waals surface area (Å²) in [5.41, 5.74) is 3.58. The van der Waals surface area contributed by atoms with Crippen molar-refractivity contribution < 1.29 is 76.3 Å². The molecule has 16 nitrogen and oxygen atoms in total. The largest absolute Gasteiger partial charge is 0.426 e. The van der Waals surface area contributed by atoms with E-state index in [1.165, 1.54) is 79.7 Å². The number of fused-ring (bicyclic) bond motifs is 8. The summed E-state index contributed by atoms with van der Waals surface area (Å²) in [4.78, 5) is 108. The molecule has 0 aromatic heterocycles. The first-order valence-electron chi connectivity index (χ1n) is 28.4. The van der Waals surface area contributed by atoms with Gasteiger partial charge in [-0.05, 0) is 87.5 Å². The van der Waals surface area contributed by atoms with E-state index in [9.17, 15) is 38.4 Å². The Balaban J connectivity index is 1.61. The Hall–Kier alpha value is -9.44. The summed E-state index contributed by atoms with van der Waals surface area (Å²) >= 11 is 0. The maximum atomic E-state index is 13.7. The van der Waals surface area contributed by atoms with Crippen LogP contribution in [0.5, 0.6) is 46.0 Å². The maximum absolute atomic E-state index is 13.7. The van der Waals surface area contributed by atoms with E-state index in [1.807, 2.05) is 69.3 Å². The molecule has 8 bridgehead atoms. The van der Waals surface area contributed by atoms with Crippen LogP contribution in [0.4, 0.5) is 0 Å². The summed E-state index contributed by atoms with van der Waals surface area (Å²) in [5.74, 6) is -9.46. The lowest BCUT2D eigenvalue weighted by Gasteiger charge is -2.32. The molecule has 16 heteroatoms. The molecule has 85 heavy (non-hydrogen) atoms. The van der Waals surface area contributed by atoms with Gasteiger partial charge in [-0.25, -0.2) is 0 Å². The molecule has 2 unspecified atom stereocenters. The average molecular weight is 1150 g/mol. The van der Waals surface area contributed by atoms with Crippen LogP contribution in [0, 0.1) is 0 Å². The normalized spacial score (nSPS) is 15.4. The van der Waals surface area contributed by atoms with Gasteiger partial charge in [0.15, 0.2) is 0 Å². The van der Waals surface area contributed by atoms with Crippen LogP contribution in [0.2, 0.25) is 0 Å². The van der Waals surface area contributed by atoms with E-state index in [-0.39, 0.29) is 46.0 Å². The van der Waals surface area contributed by atoms with E-state index in [1.54, 1.807) is 24.3 Å². The molecular formula is C69H66O16. The number of hydrogen-bond acceptors (Lipinski definition) is 16. The smallest absolute Gasteiger partial charge is 0.308 e. The number of hydrogen-bond donors (Lipinski definition) is 0. The molecule has 0 heterocycles. The van der Waals surface area contributed by atoms with Crippen molar-refractivity contribution in [3.63, 3.8) is 0 Å². The quantitative estimate of drug-likeness (QED) is 0.0531. The minimum Gasteiger partial charge on any atom is -0.426 e. The second-order valence-corrected chi connectivity index (χ2v) is 21.4. The Labute approximate surface area is 491 Å². The van der Waals surface area contributed by atoms with Crippen molar-refractivity contribution in [2.75, 3.05) is 0 Å². The summed E-state index contributed by atoms with van der Waals surface area (Å²) in [6.07, 6.45) is 2.37. The molecule has 0 fully saturated rings. The lowest BCUT2D eigenvalue weighted by atomic mass is 9.75. The van der Waals surface area contributed by atoms with Crippen LogP contribution in [0.3, 0.4) is 0 Å². The van der Waals surface area contributed by atoms with Gasteiger partial charge in [0, 0.05) is 148 Å². The highest BCUT2D eigenvalue weighted by Crippen LogP contribution is 2.55. The van der Waals surface area contributed by atoms with Gasteiger partial charge in [0.05, 0.1) is 0 Å². The van der Waals surface area contributed by atoms with Gasteiger partial charge < -0.3 is 37.9 Å². The first-order chi connectivity index (χ1) is 40.6. The van der Waals surface area contributed by atoms with Crippen molar-refractivity contribution in [1.82, 2.24) is 0 Å². The number of esters is 8. The predicted octanol–water partition coefficient (Wildman–Crippen LogP) is 14.3. The predicted molar refractivity (Wildman–Crippen MR) is 318 cm³/mol. The number of rotatable bonds is 15. The van der Waals surface area contributed by atoms with Crippen molar-refractivity contribution in [3.8, 4) is 46.0 Å². The van der Waals surface area contributed by atoms with Crippen LogP contribution in [0.1, 0.15) is 188 Å². The zero-order valence-electron chi connectivity index (χ0n) is 49.4. The highest BCUT2D eigenvalue weighted by atomic mass is 16.6. The van der Waals surface area contributed by atoms with Gasteiger partial charge in [-0.3, -0.25) is 38.4 Å². The van der Waals surface area contributed by atoms with Crippen LogP contribution in [0.25, 0.3) is 32.3 Å². The van der Waals surface area contributed by atoms with Crippen LogP contribution >= 0.6 is 0 Å². The van der Waals surface area contributed by atoms with E-state index in [0.717, 1.165) is 32.3 Å². The molecule has 9 rings (SSSR count). The second kappa shape index (κ2) is 25.2. The van der Waals surface area contributed by atoms with Gasteiger partial charge in [-0.15, -0.1) is 0 Å². The molecule has 0 saturated carbocycles. The molecule has 1 aliphatic rings. The zero-order valence-corrected chi connectivity index (χ0v) is 49.4. The van der Waals surface area contributed by atoms with E-state index in [0.29, 0.717) is 88.6 Å². The topological polar surface area (TPSA) is 210 Å². The van der Waals surface area contributed by atoms with Crippen molar-refractivity contribution in [2.45, 2.75) is 138 Å². The van der Waals surface area contributed by atoms with Crippen LogP contribution in [-0.4, -0.2) is 47.8 Å². The highest BCUT2D eigenvalue weighted by molar-refractivity contribution is 6.24. The minimum absolute atomic E-state index is 0.00146. The molecule has 0 saturated heterocycles. The average Bonchev–Trinajstić information content (AvgIpc) is 0.921. The Morgan fingerprint density at radius 1 is 0.294 bits per heavy atom. The number of ether oxygens (including phenoxy) is 8. The zero-order chi connectivity index (χ0) is 61.1. The molecule has 0 radical (unpaired) electrons. The summed E-state index contributed by atoms with van der Waals surface area (Å²) < 4.78 is 49.4. The van der Waals surface area contributed by atoms with E-state index >= 15 is 0 Å². The van der Waals surface area contributed by atoms with E-state index < -0.39 is 71.4 Å². The van der Waals surface area contributed by atoms with Crippen molar-refractivity contribution in [1.29, 1.82) is 0 Å². The van der Waals surface area contributed by atoms with Crippen LogP contribution in [0.15, 0.2) is 103 Å². The molecule has 0 amide bonds. The lowest BCUT2D eigenvalue weighted by Crippen LogP contribution is -2.19. The van der Waals surface area contributed by atoms with Crippen LogP contribution < -0.4 is 37.9 Å². The van der Waals surface area contributed by atoms with E-state index in [2.05, 4.69) is 6.07 Å². The monoisotopic (exact) mass is 1150 g/mol. The number of carbonyl (C=O) groups excluding carboxylic acids is 8. The fourth-order valence-electron chi connectivity index (χ4n) is 12.2. The summed E-state index contributed by atoms with van der Waals surface area (Å²) in [5, 5.41) is 5.39. The Morgan fingerprint density at radius 2 is 0.553 bits per heavy atom. The SMILES string of the molecule is CCCC1c2cc(c(OC(C)=O)cc2OC(C)=O)C(CCC)c2cc(c(OC(C)=O)cc2OC(C)=O)C(c2cc3cccc4ccc5cccc2c5c43)c2cc(c(OC(C)=O)cc2OC(C)=O)C(CCC)c2cc1c(OC(C)=O)cc2OC(C)=O. The highest BCUT2D eigenvalue weighted by Gasteiger charge is 2.38. The van der Waals surface area contributed by atoms with Crippen molar-refractivity contribution >= 4 is 80.1 Å². The second-order valence-electron chi connectivity index (χ2n) is 21.4. The molecule has 8 aromatic rings. The maximum Gasteiger partial charge on any atom is 0.308 e.